The lowest BCUT2D eigenvalue weighted by atomic mass is 10.1. The highest BCUT2D eigenvalue weighted by molar-refractivity contribution is 5.97. The Balaban J connectivity index is 0.00000364. The molecular formula is C19H32Cl2N4O3. The van der Waals surface area contributed by atoms with E-state index in [1.165, 1.54) is 0 Å². The summed E-state index contributed by atoms with van der Waals surface area (Å²) >= 11 is 0. The van der Waals surface area contributed by atoms with Crippen molar-refractivity contribution >= 4 is 48.0 Å². The Hall–Kier alpha value is -1.54. The van der Waals surface area contributed by atoms with E-state index in [0.29, 0.717) is 0 Å². The van der Waals surface area contributed by atoms with Gasteiger partial charge in [0.25, 0.3) is 0 Å². The summed E-state index contributed by atoms with van der Waals surface area (Å²) in [6, 6.07) is 7.04. The summed E-state index contributed by atoms with van der Waals surface area (Å²) < 4.78 is 5.78. The van der Waals surface area contributed by atoms with Gasteiger partial charge in [-0.3, -0.25) is 9.59 Å². The number of rotatable bonds is 6. The van der Waals surface area contributed by atoms with Crippen LogP contribution in [0.2, 0.25) is 0 Å². The summed E-state index contributed by atoms with van der Waals surface area (Å²) in [5.41, 5.74) is 7.46. The molecule has 0 radical (unpaired) electrons. The Bertz CT molecular complexity index is 635. The molecular weight excluding hydrogens is 403 g/mol. The number of carbonyl (C=O) groups excluding carboxylic acids is 2. The number of benzene rings is 1. The molecule has 160 valence electrons. The van der Waals surface area contributed by atoms with Gasteiger partial charge in [0.1, 0.15) is 0 Å². The van der Waals surface area contributed by atoms with Gasteiger partial charge >= 0.3 is 0 Å². The molecule has 1 aromatic rings. The van der Waals surface area contributed by atoms with Crippen LogP contribution in [0.15, 0.2) is 24.3 Å². The van der Waals surface area contributed by atoms with Gasteiger partial charge in [-0.05, 0) is 31.9 Å². The highest BCUT2D eigenvalue weighted by atomic mass is 35.5. The smallest absolute Gasteiger partial charge is 0.243 e. The van der Waals surface area contributed by atoms with E-state index in [1.807, 2.05) is 52.0 Å². The fraction of sp³-hybridized carbons (Fsp3) is 0.579. The van der Waals surface area contributed by atoms with Crippen LogP contribution in [-0.2, 0) is 14.3 Å². The first kappa shape index (κ1) is 26.5. The normalized spacial score (nSPS) is 19.9. The fourth-order valence-corrected chi connectivity index (χ4v) is 3.01. The van der Waals surface area contributed by atoms with Crippen molar-refractivity contribution in [1.82, 2.24) is 5.32 Å². The number of morpholine rings is 1. The second-order valence-electron chi connectivity index (χ2n) is 7.22. The van der Waals surface area contributed by atoms with Crippen molar-refractivity contribution in [2.24, 2.45) is 11.7 Å². The zero-order valence-corrected chi connectivity index (χ0v) is 18.4. The Kier molecular flexibility index (Phi) is 11.4. The molecule has 1 aliphatic heterocycles. The van der Waals surface area contributed by atoms with E-state index in [9.17, 15) is 9.59 Å². The molecule has 1 saturated heterocycles. The number of carbonyl (C=O) groups is 2. The molecule has 0 bridgehead atoms. The van der Waals surface area contributed by atoms with E-state index >= 15 is 0 Å². The molecule has 0 aromatic heterocycles. The van der Waals surface area contributed by atoms with E-state index in [2.05, 4.69) is 15.5 Å². The maximum atomic E-state index is 12.3. The summed E-state index contributed by atoms with van der Waals surface area (Å²) in [6.07, 6.45) is 0.249. The third-order valence-electron chi connectivity index (χ3n) is 4.38. The molecule has 3 atom stereocenters. The van der Waals surface area contributed by atoms with Crippen LogP contribution in [0.3, 0.4) is 0 Å². The molecule has 1 heterocycles. The molecule has 1 aliphatic rings. The molecule has 4 N–H and O–H groups in total. The van der Waals surface area contributed by atoms with E-state index in [4.69, 9.17) is 10.5 Å². The predicted molar refractivity (Wildman–Crippen MR) is 118 cm³/mol. The monoisotopic (exact) mass is 434 g/mol. The lowest BCUT2D eigenvalue weighted by molar-refractivity contribution is -0.125. The maximum absolute atomic E-state index is 12.3. The van der Waals surface area contributed by atoms with E-state index < -0.39 is 6.04 Å². The number of nitrogens with zero attached hydrogens (tertiary/aromatic N) is 1. The number of para-hydroxylation sites is 2. The average molecular weight is 435 g/mol. The van der Waals surface area contributed by atoms with Gasteiger partial charge in [0.15, 0.2) is 0 Å². The zero-order chi connectivity index (χ0) is 19.3. The lowest BCUT2D eigenvalue weighted by Gasteiger charge is -2.37. The lowest BCUT2D eigenvalue weighted by Crippen LogP contribution is -2.46. The van der Waals surface area contributed by atoms with Crippen LogP contribution in [-0.4, -0.2) is 49.7 Å². The van der Waals surface area contributed by atoms with Crippen molar-refractivity contribution in [3.63, 3.8) is 0 Å². The minimum absolute atomic E-state index is 0. The van der Waals surface area contributed by atoms with E-state index in [-0.39, 0.29) is 61.3 Å². The number of nitrogens with two attached hydrogens (primary N) is 1. The standard InChI is InChI=1S/C19H30N4O3.2ClH/c1-12(2)18(20)19(25)21-9-17(24)22-15-7-5-6-8-16(15)23-10-13(3)26-14(4)11-23;;/h5-8,12-14,18H,9-11,20H2,1-4H3,(H,21,25)(H,22,24);2*1H/t13?,14?,18-;;/m0../s1. The van der Waals surface area contributed by atoms with Crippen molar-refractivity contribution in [3.8, 4) is 0 Å². The van der Waals surface area contributed by atoms with Gasteiger partial charge in [-0.2, -0.15) is 0 Å². The molecule has 7 nitrogen and oxygen atoms in total. The Morgan fingerprint density at radius 1 is 1.18 bits per heavy atom. The summed E-state index contributed by atoms with van der Waals surface area (Å²) in [4.78, 5) is 26.4. The van der Waals surface area contributed by atoms with Crippen molar-refractivity contribution < 1.29 is 14.3 Å². The van der Waals surface area contributed by atoms with E-state index in [0.717, 1.165) is 24.5 Å². The largest absolute Gasteiger partial charge is 0.372 e. The van der Waals surface area contributed by atoms with Gasteiger partial charge in [0.05, 0.1) is 36.2 Å². The quantitative estimate of drug-likeness (QED) is 0.637. The Morgan fingerprint density at radius 3 is 2.32 bits per heavy atom. The van der Waals surface area contributed by atoms with Crippen LogP contribution < -0.4 is 21.3 Å². The summed E-state index contributed by atoms with van der Waals surface area (Å²) in [5.74, 6) is -0.584. The second kappa shape index (κ2) is 12.1. The average Bonchev–Trinajstić information content (AvgIpc) is 2.58. The fourth-order valence-electron chi connectivity index (χ4n) is 3.01. The second-order valence-corrected chi connectivity index (χ2v) is 7.22. The van der Waals surface area contributed by atoms with Crippen LogP contribution in [0.25, 0.3) is 0 Å². The minimum atomic E-state index is -0.619. The maximum Gasteiger partial charge on any atom is 0.243 e. The van der Waals surface area contributed by atoms with Gasteiger partial charge in [-0.15, -0.1) is 24.8 Å². The number of anilines is 2. The number of nitrogens with one attached hydrogen (secondary N) is 2. The molecule has 9 heteroatoms. The van der Waals surface area contributed by atoms with Crippen LogP contribution in [0.4, 0.5) is 11.4 Å². The number of ether oxygens (including phenoxy) is 1. The molecule has 2 unspecified atom stereocenters. The zero-order valence-electron chi connectivity index (χ0n) is 16.8. The van der Waals surface area contributed by atoms with Gasteiger partial charge < -0.3 is 26.0 Å². The molecule has 0 aliphatic carbocycles. The first-order valence-corrected chi connectivity index (χ1v) is 9.10. The number of amides is 2. The summed E-state index contributed by atoms with van der Waals surface area (Å²) in [6.45, 7) is 9.22. The number of hydrogen-bond donors (Lipinski definition) is 3. The van der Waals surface area contributed by atoms with Crippen LogP contribution in [0, 0.1) is 5.92 Å². The van der Waals surface area contributed by atoms with Gasteiger partial charge in [-0.1, -0.05) is 26.0 Å². The van der Waals surface area contributed by atoms with Gasteiger partial charge in [-0.25, -0.2) is 0 Å². The molecule has 0 spiro atoms. The first-order chi connectivity index (χ1) is 12.3. The highest BCUT2D eigenvalue weighted by Gasteiger charge is 2.24. The van der Waals surface area contributed by atoms with Gasteiger partial charge in [0.2, 0.25) is 11.8 Å². The molecule has 28 heavy (non-hydrogen) atoms. The molecule has 2 amide bonds. The molecule has 2 rings (SSSR count). The van der Waals surface area contributed by atoms with Gasteiger partial charge in [0, 0.05) is 13.1 Å². The third-order valence-corrected chi connectivity index (χ3v) is 4.38. The topological polar surface area (TPSA) is 96.7 Å². The van der Waals surface area contributed by atoms with Crippen molar-refractivity contribution in [2.75, 3.05) is 29.9 Å². The first-order valence-electron chi connectivity index (χ1n) is 9.10. The highest BCUT2D eigenvalue weighted by Crippen LogP contribution is 2.28. The molecule has 0 saturated carbocycles. The third kappa shape index (κ3) is 7.47. The van der Waals surface area contributed by atoms with Crippen molar-refractivity contribution in [2.45, 2.75) is 45.9 Å². The SMILES string of the molecule is CC1CN(c2ccccc2NC(=O)CNC(=O)[C@@H](N)C(C)C)CC(C)O1.Cl.Cl. The Morgan fingerprint density at radius 2 is 1.75 bits per heavy atom. The summed E-state index contributed by atoms with van der Waals surface area (Å²) in [7, 11) is 0. The molecule has 1 aromatic carbocycles. The minimum Gasteiger partial charge on any atom is -0.372 e. The predicted octanol–water partition coefficient (Wildman–Crippen LogP) is 2.18. The van der Waals surface area contributed by atoms with Crippen LogP contribution in [0.1, 0.15) is 27.7 Å². The number of halogens is 2. The van der Waals surface area contributed by atoms with Crippen LogP contribution in [0.5, 0.6) is 0 Å². The molecule has 1 fully saturated rings. The van der Waals surface area contributed by atoms with Crippen molar-refractivity contribution in [3.05, 3.63) is 24.3 Å². The van der Waals surface area contributed by atoms with E-state index in [1.54, 1.807) is 0 Å². The van der Waals surface area contributed by atoms with Crippen molar-refractivity contribution in [1.29, 1.82) is 0 Å². The Labute approximate surface area is 179 Å². The number of hydrogen-bond acceptors (Lipinski definition) is 5. The van der Waals surface area contributed by atoms with Crippen LogP contribution >= 0.6 is 24.8 Å². The summed E-state index contributed by atoms with van der Waals surface area (Å²) in [5, 5.41) is 5.47.